The number of hydrogen-bond acceptors (Lipinski definition) is 5. The summed E-state index contributed by atoms with van der Waals surface area (Å²) in [5, 5.41) is 4.72. The van der Waals surface area contributed by atoms with Crippen LogP contribution in [0, 0.1) is 0 Å². The van der Waals surface area contributed by atoms with Gasteiger partial charge in [-0.2, -0.15) is 5.10 Å². The van der Waals surface area contributed by atoms with Crippen LogP contribution in [0.25, 0.3) is 28.2 Å². The van der Waals surface area contributed by atoms with Crippen LogP contribution in [0.2, 0.25) is 0 Å². The predicted molar refractivity (Wildman–Crippen MR) is 100 cm³/mol. The Balaban J connectivity index is 1.76. The predicted octanol–water partition coefficient (Wildman–Crippen LogP) is 3.10. The van der Waals surface area contributed by atoms with Crippen LogP contribution in [0.3, 0.4) is 0 Å². The summed E-state index contributed by atoms with van der Waals surface area (Å²) in [5.41, 5.74) is 4.99. The lowest BCUT2D eigenvalue weighted by atomic mass is 10.1. The van der Waals surface area contributed by atoms with E-state index in [2.05, 4.69) is 14.7 Å². The number of hydrogen-bond donors (Lipinski definition) is 1. The molecule has 0 spiro atoms. The maximum atomic E-state index is 11.5. The highest BCUT2D eigenvalue weighted by molar-refractivity contribution is 7.81. The van der Waals surface area contributed by atoms with Crippen molar-refractivity contribution in [3.05, 3.63) is 67.1 Å². The Hall–Kier alpha value is -3.10. The maximum Gasteiger partial charge on any atom is 0.261 e. The van der Waals surface area contributed by atoms with Gasteiger partial charge in [0, 0.05) is 29.2 Å². The number of fused-ring (bicyclic) bond motifs is 1. The van der Waals surface area contributed by atoms with Gasteiger partial charge in [-0.3, -0.25) is 13.9 Å². The van der Waals surface area contributed by atoms with Gasteiger partial charge in [-0.05, 0) is 36.4 Å². The topological polar surface area (TPSA) is 81.4 Å². The molecule has 0 saturated heterocycles. The van der Waals surface area contributed by atoms with E-state index >= 15 is 0 Å². The van der Waals surface area contributed by atoms with Crippen LogP contribution in [0.15, 0.2) is 67.1 Å². The first-order valence-electron chi connectivity index (χ1n) is 7.83. The van der Waals surface area contributed by atoms with E-state index in [0.29, 0.717) is 5.69 Å². The molecule has 0 aliphatic rings. The molecule has 0 bridgehead atoms. The second-order valence-corrected chi connectivity index (χ2v) is 6.46. The number of aromatic nitrogens is 4. The van der Waals surface area contributed by atoms with Gasteiger partial charge in [0.2, 0.25) is 0 Å². The summed E-state index contributed by atoms with van der Waals surface area (Å²) in [5.74, 6) is 0. The molecule has 0 aliphatic heterocycles. The minimum absolute atomic E-state index is 0.685. The monoisotopic (exact) mass is 365 g/mol. The lowest BCUT2D eigenvalue weighted by Crippen LogP contribution is -2.05. The molecule has 0 fully saturated rings. The fourth-order valence-corrected chi connectivity index (χ4v) is 3.03. The van der Waals surface area contributed by atoms with Crippen LogP contribution in [0.1, 0.15) is 0 Å². The second-order valence-electron chi connectivity index (χ2n) is 5.45. The zero-order chi connectivity index (χ0) is 17.9. The standard InChI is InChI=1S/C18H15N5O2S/c1-25-26(24)22-15-4-2-3-14(11-15)16-5-6-18-20-12-17(23(18)21-16)13-7-9-19-10-8-13/h2-12,22H,1H3. The summed E-state index contributed by atoms with van der Waals surface area (Å²) in [4.78, 5) is 8.46. The summed E-state index contributed by atoms with van der Waals surface area (Å²) in [6, 6.07) is 15.2. The fourth-order valence-electron chi connectivity index (χ4n) is 2.63. The minimum atomic E-state index is -1.58. The molecule has 0 saturated carbocycles. The fraction of sp³-hybridized carbons (Fsp3) is 0.0556. The number of rotatable bonds is 5. The molecule has 1 unspecified atom stereocenters. The first kappa shape index (κ1) is 16.4. The summed E-state index contributed by atoms with van der Waals surface area (Å²) < 4.78 is 20.8. The Morgan fingerprint density at radius 1 is 1.08 bits per heavy atom. The third kappa shape index (κ3) is 3.19. The lowest BCUT2D eigenvalue weighted by molar-refractivity contribution is 0.449. The van der Waals surface area contributed by atoms with Crippen LogP contribution in [0.5, 0.6) is 0 Å². The number of nitrogens with zero attached hydrogens (tertiary/aromatic N) is 4. The van der Waals surface area contributed by atoms with Crippen LogP contribution in [0.4, 0.5) is 5.69 Å². The molecule has 3 heterocycles. The molecule has 8 heteroatoms. The highest BCUT2D eigenvalue weighted by atomic mass is 32.2. The van der Waals surface area contributed by atoms with E-state index in [1.165, 1.54) is 7.11 Å². The molecule has 4 aromatic rings. The van der Waals surface area contributed by atoms with Gasteiger partial charge in [0.25, 0.3) is 11.3 Å². The Labute approximate surface area is 152 Å². The molecular weight excluding hydrogens is 350 g/mol. The van der Waals surface area contributed by atoms with Crippen molar-refractivity contribution in [2.24, 2.45) is 0 Å². The molecule has 4 rings (SSSR count). The van der Waals surface area contributed by atoms with Gasteiger partial charge in [0.05, 0.1) is 24.7 Å². The van der Waals surface area contributed by atoms with Gasteiger partial charge in [0.1, 0.15) is 0 Å². The lowest BCUT2D eigenvalue weighted by Gasteiger charge is -2.07. The first-order chi connectivity index (χ1) is 12.7. The highest BCUT2D eigenvalue weighted by Gasteiger charge is 2.09. The van der Waals surface area contributed by atoms with Gasteiger partial charge < -0.3 is 0 Å². The van der Waals surface area contributed by atoms with Crippen molar-refractivity contribution >= 4 is 22.6 Å². The van der Waals surface area contributed by atoms with Crippen molar-refractivity contribution < 1.29 is 8.39 Å². The van der Waals surface area contributed by atoms with Gasteiger partial charge in [0.15, 0.2) is 5.65 Å². The molecule has 0 aliphatic carbocycles. The quantitative estimate of drug-likeness (QED) is 0.588. The van der Waals surface area contributed by atoms with Crippen molar-refractivity contribution in [1.29, 1.82) is 0 Å². The van der Waals surface area contributed by atoms with Crippen molar-refractivity contribution in [1.82, 2.24) is 19.6 Å². The van der Waals surface area contributed by atoms with Crippen LogP contribution in [-0.2, 0) is 15.4 Å². The first-order valence-corrected chi connectivity index (χ1v) is 8.90. The van der Waals surface area contributed by atoms with E-state index in [-0.39, 0.29) is 0 Å². The Morgan fingerprint density at radius 3 is 2.73 bits per heavy atom. The number of anilines is 1. The zero-order valence-corrected chi connectivity index (χ0v) is 14.7. The van der Waals surface area contributed by atoms with Crippen molar-refractivity contribution in [2.75, 3.05) is 11.8 Å². The Morgan fingerprint density at radius 2 is 1.92 bits per heavy atom. The van der Waals surface area contributed by atoms with Crippen molar-refractivity contribution in [3.8, 4) is 22.5 Å². The second kappa shape index (κ2) is 7.03. The molecular formula is C18H15N5O2S. The molecule has 3 aromatic heterocycles. The maximum absolute atomic E-state index is 11.5. The van der Waals surface area contributed by atoms with E-state index in [1.54, 1.807) is 23.1 Å². The Bertz CT molecular complexity index is 1080. The van der Waals surface area contributed by atoms with Gasteiger partial charge in [-0.25, -0.2) is 13.7 Å². The largest absolute Gasteiger partial charge is 0.282 e. The smallest absolute Gasteiger partial charge is 0.261 e. The van der Waals surface area contributed by atoms with Gasteiger partial charge in [-0.15, -0.1) is 0 Å². The van der Waals surface area contributed by atoms with E-state index in [4.69, 9.17) is 9.28 Å². The Kier molecular flexibility index (Phi) is 4.42. The van der Waals surface area contributed by atoms with E-state index < -0.39 is 11.3 Å². The summed E-state index contributed by atoms with van der Waals surface area (Å²) in [7, 11) is 1.38. The number of pyridine rings is 1. The zero-order valence-electron chi connectivity index (χ0n) is 13.9. The van der Waals surface area contributed by atoms with Crippen LogP contribution < -0.4 is 4.72 Å². The summed E-state index contributed by atoms with van der Waals surface area (Å²) >= 11 is -1.58. The van der Waals surface area contributed by atoms with E-state index in [9.17, 15) is 4.21 Å². The SMILES string of the molecule is COS(=O)Nc1cccc(-c2ccc3ncc(-c4ccncc4)n3n2)c1. The molecule has 1 aromatic carbocycles. The molecule has 1 N–H and O–H groups in total. The van der Waals surface area contributed by atoms with Crippen LogP contribution >= 0.6 is 0 Å². The average molecular weight is 365 g/mol. The minimum Gasteiger partial charge on any atom is -0.282 e. The van der Waals surface area contributed by atoms with E-state index in [0.717, 1.165) is 28.2 Å². The van der Waals surface area contributed by atoms with Crippen molar-refractivity contribution in [2.45, 2.75) is 0 Å². The summed E-state index contributed by atoms with van der Waals surface area (Å²) in [6.45, 7) is 0. The van der Waals surface area contributed by atoms with Gasteiger partial charge in [-0.1, -0.05) is 12.1 Å². The highest BCUT2D eigenvalue weighted by Crippen LogP contribution is 2.24. The van der Waals surface area contributed by atoms with Crippen LogP contribution in [-0.4, -0.2) is 30.9 Å². The molecule has 1 atom stereocenters. The average Bonchev–Trinajstić information content (AvgIpc) is 3.12. The molecule has 7 nitrogen and oxygen atoms in total. The molecule has 0 radical (unpaired) electrons. The number of imidazole rings is 1. The molecule has 130 valence electrons. The number of benzene rings is 1. The van der Waals surface area contributed by atoms with Gasteiger partial charge >= 0.3 is 0 Å². The summed E-state index contributed by atoms with van der Waals surface area (Å²) in [6.07, 6.45) is 5.27. The van der Waals surface area contributed by atoms with E-state index in [1.807, 2.05) is 48.5 Å². The molecule has 26 heavy (non-hydrogen) atoms. The van der Waals surface area contributed by atoms with Crippen molar-refractivity contribution in [3.63, 3.8) is 0 Å². The molecule has 0 amide bonds. The normalized spacial score (nSPS) is 12.2. The number of nitrogens with one attached hydrogen (secondary N) is 1. The third-order valence-electron chi connectivity index (χ3n) is 3.85. The third-order valence-corrected chi connectivity index (χ3v) is 4.55.